The maximum atomic E-state index is 12.5. The lowest BCUT2D eigenvalue weighted by Crippen LogP contribution is -3.13. The predicted octanol–water partition coefficient (Wildman–Crippen LogP) is 2.53. The second-order valence-corrected chi connectivity index (χ2v) is 8.52. The highest BCUT2D eigenvalue weighted by Gasteiger charge is 2.25. The lowest BCUT2D eigenvalue weighted by molar-refractivity contribution is -0.892. The number of hydrogen-bond acceptors (Lipinski definition) is 3. The molecule has 2 N–H and O–H groups in total. The van der Waals surface area contributed by atoms with Crippen LogP contribution in [0.15, 0.2) is 0 Å². The Labute approximate surface area is 148 Å². The highest BCUT2D eigenvalue weighted by Crippen LogP contribution is 2.39. The summed E-state index contributed by atoms with van der Waals surface area (Å²) >= 11 is 1.62. The second-order valence-electron chi connectivity index (χ2n) is 7.41. The van der Waals surface area contributed by atoms with E-state index in [9.17, 15) is 10.1 Å². The van der Waals surface area contributed by atoms with E-state index in [0.29, 0.717) is 12.5 Å². The number of carbonyl (C=O) groups excluding carboxylic acids is 1. The molecule has 24 heavy (non-hydrogen) atoms. The number of nitrogens with one attached hydrogen (secondary N) is 2. The molecule has 1 aromatic heterocycles. The van der Waals surface area contributed by atoms with Crippen molar-refractivity contribution in [3.05, 3.63) is 16.0 Å². The average Bonchev–Trinajstić information content (AvgIpc) is 2.85. The molecular formula is C19H28N3OS+. The van der Waals surface area contributed by atoms with Crippen molar-refractivity contribution in [1.82, 2.24) is 0 Å². The Morgan fingerprint density at radius 2 is 2.00 bits per heavy atom. The third-order valence-electron chi connectivity index (χ3n) is 5.35. The Balaban J connectivity index is 1.65. The predicted molar refractivity (Wildman–Crippen MR) is 97.5 cm³/mol. The van der Waals surface area contributed by atoms with Gasteiger partial charge in [0.15, 0.2) is 6.54 Å². The van der Waals surface area contributed by atoms with E-state index < -0.39 is 0 Å². The number of amides is 1. The minimum Gasteiger partial charge on any atom is -0.327 e. The first-order chi connectivity index (χ1) is 11.7. The number of likely N-dealkylation sites (tertiary alicyclic amines) is 1. The molecule has 1 saturated heterocycles. The first-order valence-electron chi connectivity index (χ1n) is 9.35. The monoisotopic (exact) mass is 346 g/mol. The van der Waals surface area contributed by atoms with Crippen LogP contribution in [0.25, 0.3) is 0 Å². The van der Waals surface area contributed by atoms with Gasteiger partial charge in [-0.15, -0.1) is 11.3 Å². The van der Waals surface area contributed by atoms with E-state index in [1.165, 1.54) is 47.4 Å². The van der Waals surface area contributed by atoms with Crippen molar-refractivity contribution < 1.29 is 9.69 Å². The standard InChI is InChI=1S/C19H27N3OS/c1-14-7-8-15-16(12-20)19(24-17(15)11-14)21-18(23)13-22-9-5-3-2-4-6-10-22/h14H,2-11,13H2,1H3,(H,21,23)/p+1/t14-/m1/s1. The molecule has 0 radical (unpaired) electrons. The van der Waals surface area contributed by atoms with E-state index in [2.05, 4.69) is 18.3 Å². The number of quaternary nitrogens is 1. The van der Waals surface area contributed by atoms with E-state index in [0.717, 1.165) is 42.9 Å². The summed E-state index contributed by atoms with van der Waals surface area (Å²) < 4.78 is 0. The zero-order valence-corrected chi connectivity index (χ0v) is 15.4. The first-order valence-corrected chi connectivity index (χ1v) is 10.2. The van der Waals surface area contributed by atoms with Gasteiger partial charge < -0.3 is 10.2 Å². The molecule has 1 aliphatic heterocycles. The lowest BCUT2D eigenvalue weighted by atomic mass is 9.89. The molecule has 3 rings (SSSR count). The summed E-state index contributed by atoms with van der Waals surface area (Å²) in [5.41, 5.74) is 1.91. The molecule has 0 spiro atoms. The molecule has 0 saturated carbocycles. The summed E-state index contributed by atoms with van der Waals surface area (Å²) in [5.74, 6) is 0.741. The maximum Gasteiger partial charge on any atom is 0.280 e. The minimum atomic E-state index is 0.0636. The molecule has 4 nitrogen and oxygen atoms in total. The number of nitriles is 1. The van der Waals surface area contributed by atoms with Crippen LogP contribution < -0.4 is 10.2 Å². The Kier molecular flexibility index (Phi) is 5.91. The summed E-state index contributed by atoms with van der Waals surface area (Å²) in [6, 6.07) is 2.33. The molecule has 1 aromatic rings. The molecule has 5 heteroatoms. The first kappa shape index (κ1) is 17.4. The van der Waals surface area contributed by atoms with E-state index in [4.69, 9.17) is 0 Å². The third-order valence-corrected chi connectivity index (χ3v) is 6.52. The molecule has 2 aliphatic rings. The Morgan fingerprint density at radius 1 is 1.29 bits per heavy atom. The minimum absolute atomic E-state index is 0.0636. The fraction of sp³-hybridized carbons (Fsp3) is 0.684. The normalized spacial score (nSPS) is 22.1. The summed E-state index contributed by atoms with van der Waals surface area (Å²) in [6.45, 7) is 4.98. The molecular weight excluding hydrogens is 318 g/mol. The summed E-state index contributed by atoms with van der Waals surface area (Å²) in [4.78, 5) is 15.2. The Bertz CT molecular complexity index is 623. The fourth-order valence-electron chi connectivity index (χ4n) is 3.94. The second kappa shape index (κ2) is 8.13. The maximum absolute atomic E-state index is 12.5. The van der Waals surface area contributed by atoms with Crippen LogP contribution in [0.4, 0.5) is 5.00 Å². The number of carbonyl (C=O) groups is 1. The number of nitrogens with zero attached hydrogens (tertiary/aromatic N) is 1. The summed E-state index contributed by atoms with van der Waals surface area (Å²) in [7, 11) is 0. The van der Waals surface area contributed by atoms with Gasteiger partial charge in [-0.2, -0.15) is 5.26 Å². The smallest absolute Gasteiger partial charge is 0.280 e. The molecule has 1 aliphatic carbocycles. The van der Waals surface area contributed by atoms with Crippen LogP contribution in [-0.4, -0.2) is 25.5 Å². The summed E-state index contributed by atoms with van der Waals surface area (Å²) in [5, 5.41) is 13.4. The molecule has 1 amide bonds. The zero-order valence-electron chi connectivity index (χ0n) is 14.6. The van der Waals surface area contributed by atoms with E-state index >= 15 is 0 Å². The van der Waals surface area contributed by atoms with Gasteiger partial charge in [-0.05, 0) is 56.4 Å². The van der Waals surface area contributed by atoms with Gasteiger partial charge in [0.25, 0.3) is 5.91 Å². The van der Waals surface area contributed by atoms with Crippen LogP contribution in [0.2, 0.25) is 0 Å². The van der Waals surface area contributed by atoms with Gasteiger partial charge in [0.05, 0.1) is 18.7 Å². The van der Waals surface area contributed by atoms with Crippen LogP contribution in [0, 0.1) is 17.2 Å². The fourth-order valence-corrected chi connectivity index (χ4v) is 5.31. The largest absolute Gasteiger partial charge is 0.327 e. The molecule has 2 heterocycles. The van der Waals surface area contributed by atoms with Gasteiger partial charge in [-0.1, -0.05) is 13.3 Å². The molecule has 0 unspecified atom stereocenters. The van der Waals surface area contributed by atoms with Gasteiger partial charge in [0.1, 0.15) is 11.1 Å². The average molecular weight is 347 g/mol. The quantitative estimate of drug-likeness (QED) is 0.884. The van der Waals surface area contributed by atoms with E-state index in [-0.39, 0.29) is 5.91 Å². The van der Waals surface area contributed by atoms with Crippen LogP contribution in [-0.2, 0) is 17.6 Å². The van der Waals surface area contributed by atoms with Gasteiger partial charge in [-0.25, -0.2) is 0 Å². The zero-order chi connectivity index (χ0) is 16.9. The topological polar surface area (TPSA) is 57.3 Å². The van der Waals surface area contributed by atoms with Crippen molar-refractivity contribution in [2.45, 2.75) is 58.3 Å². The van der Waals surface area contributed by atoms with Crippen molar-refractivity contribution in [2.75, 3.05) is 25.0 Å². The molecule has 1 atom stereocenters. The van der Waals surface area contributed by atoms with Gasteiger partial charge in [0.2, 0.25) is 0 Å². The van der Waals surface area contributed by atoms with Gasteiger partial charge >= 0.3 is 0 Å². The summed E-state index contributed by atoms with van der Waals surface area (Å²) in [6.07, 6.45) is 9.52. The lowest BCUT2D eigenvalue weighted by Gasteiger charge is -2.21. The number of rotatable bonds is 3. The number of fused-ring (bicyclic) bond motifs is 1. The number of thiophene rings is 1. The Hall–Kier alpha value is -1.38. The molecule has 0 aromatic carbocycles. The molecule has 1 fully saturated rings. The highest BCUT2D eigenvalue weighted by atomic mass is 32.1. The van der Waals surface area contributed by atoms with Crippen molar-refractivity contribution in [3.8, 4) is 6.07 Å². The van der Waals surface area contributed by atoms with Crippen molar-refractivity contribution >= 4 is 22.2 Å². The highest BCUT2D eigenvalue weighted by molar-refractivity contribution is 7.16. The van der Waals surface area contributed by atoms with E-state index in [1.54, 1.807) is 11.3 Å². The van der Waals surface area contributed by atoms with Crippen molar-refractivity contribution in [3.63, 3.8) is 0 Å². The molecule has 0 bridgehead atoms. The van der Waals surface area contributed by atoms with Crippen LogP contribution in [0.3, 0.4) is 0 Å². The van der Waals surface area contributed by atoms with Crippen LogP contribution >= 0.6 is 11.3 Å². The number of anilines is 1. The van der Waals surface area contributed by atoms with Gasteiger partial charge in [-0.3, -0.25) is 4.79 Å². The van der Waals surface area contributed by atoms with Crippen molar-refractivity contribution in [1.29, 1.82) is 5.26 Å². The van der Waals surface area contributed by atoms with Crippen LogP contribution in [0.5, 0.6) is 0 Å². The SMILES string of the molecule is C[C@@H]1CCc2c(sc(NC(=O)C[NH+]3CCCCCCC3)c2C#N)C1. The third kappa shape index (κ3) is 4.17. The van der Waals surface area contributed by atoms with Gasteiger partial charge in [0, 0.05) is 4.88 Å². The Morgan fingerprint density at radius 3 is 2.71 bits per heavy atom. The van der Waals surface area contributed by atoms with Crippen molar-refractivity contribution in [2.24, 2.45) is 5.92 Å². The molecule has 130 valence electrons. The van der Waals surface area contributed by atoms with E-state index in [1.807, 2.05) is 0 Å². The van der Waals surface area contributed by atoms with Crippen LogP contribution in [0.1, 0.15) is 61.5 Å². The number of hydrogen-bond donors (Lipinski definition) is 2.